The Morgan fingerprint density at radius 2 is 2.00 bits per heavy atom. The lowest BCUT2D eigenvalue weighted by molar-refractivity contribution is -0.133. The number of nitrogens with one attached hydrogen (secondary N) is 1. The molecule has 1 aliphatic heterocycles. The maximum Gasteiger partial charge on any atom is 0.237 e. The van der Waals surface area contributed by atoms with Crippen LogP contribution in [0.25, 0.3) is 0 Å². The minimum Gasteiger partial charge on any atom is -0.370 e. The monoisotopic (exact) mass is 198 g/mol. The second kappa shape index (κ2) is 3.99. The van der Waals surface area contributed by atoms with Crippen molar-refractivity contribution in [1.29, 1.82) is 0 Å². The molecule has 3 amide bonds. The summed E-state index contributed by atoms with van der Waals surface area (Å²) in [4.78, 5) is 43.4. The van der Waals surface area contributed by atoms with Crippen LogP contribution in [0.4, 0.5) is 0 Å². The van der Waals surface area contributed by atoms with Crippen LogP contribution < -0.4 is 11.1 Å². The number of rotatable bonds is 4. The first kappa shape index (κ1) is 10.4. The van der Waals surface area contributed by atoms with Gasteiger partial charge in [0, 0.05) is 19.3 Å². The Kier molecular flexibility index (Phi) is 2.95. The Hall–Kier alpha value is -1.72. The Bertz CT molecular complexity index is 310. The Labute approximate surface area is 79.8 Å². The van der Waals surface area contributed by atoms with Crippen molar-refractivity contribution in [3.8, 4) is 0 Å². The van der Waals surface area contributed by atoms with Crippen LogP contribution in [0.2, 0.25) is 0 Å². The van der Waals surface area contributed by atoms with E-state index in [1.165, 1.54) is 0 Å². The van der Waals surface area contributed by atoms with Crippen molar-refractivity contribution < 1.29 is 19.2 Å². The number of amides is 3. The molecule has 76 valence electrons. The van der Waals surface area contributed by atoms with E-state index in [1.54, 1.807) is 0 Å². The van der Waals surface area contributed by atoms with Crippen molar-refractivity contribution in [3.63, 3.8) is 0 Å². The van der Waals surface area contributed by atoms with Crippen LogP contribution in [0.3, 0.4) is 0 Å². The van der Waals surface area contributed by atoms with Crippen LogP contribution in [0.15, 0.2) is 0 Å². The van der Waals surface area contributed by atoms with Gasteiger partial charge in [-0.05, 0) is 0 Å². The zero-order valence-corrected chi connectivity index (χ0v) is 7.41. The Morgan fingerprint density at radius 3 is 2.43 bits per heavy atom. The summed E-state index contributed by atoms with van der Waals surface area (Å²) in [5.74, 6) is -2.96. The molecule has 1 atom stereocenters. The standard InChI is InChI=1S/C8H10N2O4/c9-6(12)2-1-5(11)4-3-7(13)10-8(4)14/h4H,1-3H2,(H2,9,12)(H,10,13,14). The van der Waals surface area contributed by atoms with E-state index in [-0.39, 0.29) is 19.3 Å². The fraction of sp³-hybridized carbons (Fsp3) is 0.500. The number of ketones is 1. The average Bonchev–Trinajstić information content (AvgIpc) is 2.41. The molecule has 0 aromatic rings. The predicted molar refractivity (Wildman–Crippen MR) is 44.7 cm³/mol. The fourth-order valence-corrected chi connectivity index (χ4v) is 1.23. The van der Waals surface area contributed by atoms with E-state index in [0.29, 0.717) is 0 Å². The van der Waals surface area contributed by atoms with Crippen molar-refractivity contribution in [1.82, 2.24) is 5.32 Å². The van der Waals surface area contributed by atoms with Crippen molar-refractivity contribution >= 4 is 23.5 Å². The van der Waals surface area contributed by atoms with E-state index >= 15 is 0 Å². The highest BCUT2D eigenvalue weighted by Crippen LogP contribution is 2.14. The number of hydrogen-bond donors (Lipinski definition) is 2. The summed E-state index contributed by atoms with van der Waals surface area (Å²) in [7, 11) is 0. The molecule has 0 spiro atoms. The number of Topliss-reactive ketones (excluding diaryl/α,β-unsaturated/α-hetero) is 1. The zero-order chi connectivity index (χ0) is 10.7. The minimum absolute atomic E-state index is 0.0826. The highest BCUT2D eigenvalue weighted by molar-refractivity contribution is 6.14. The van der Waals surface area contributed by atoms with Gasteiger partial charge in [-0.15, -0.1) is 0 Å². The minimum atomic E-state index is -0.929. The molecular formula is C8H10N2O4. The molecule has 0 aromatic carbocycles. The van der Waals surface area contributed by atoms with Crippen molar-refractivity contribution in [2.75, 3.05) is 0 Å². The van der Waals surface area contributed by atoms with Gasteiger partial charge < -0.3 is 5.73 Å². The normalized spacial score (nSPS) is 20.7. The van der Waals surface area contributed by atoms with Crippen LogP contribution in [0, 0.1) is 5.92 Å². The fourth-order valence-electron chi connectivity index (χ4n) is 1.23. The molecule has 0 saturated carbocycles. The molecule has 1 saturated heterocycles. The summed E-state index contributed by atoms with van der Waals surface area (Å²) < 4.78 is 0. The number of primary amides is 1. The maximum absolute atomic E-state index is 11.3. The summed E-state index contributed by atoms with van der Waals surface area (Å²) in [6.07, 6.45) is -0.284. The topological polar surface area (TPSA) is 106 Å². The van der Waals surface area contributed by atoms with Gasteiger partial charge in [0.15, 0.2) is 0 Å². The lowest BCUT2D eigenvalue weighted by atomic mass is 9.99. The van der Waals surface area contributed by atoms with E-state index < -0.39 is 29.4 Å². The highest BCUT2D eigenvalue weighted by atomic mass is 16.2. The predicted octanol–water partition coefficient (Wildman–Crippen LogP) is -1.52. The number of carbonyl (C=O) groups is 4. The lowest BCUT2D eigenvalue weighted by Crippen LogP contribution is -2.27. The van der Waals surface area contributed by atoms with Gasteiger partial charge in [-0.25, -0.2) is 0 Å². The highest BCUT2D eigenvalue weighted by Gasteiger charge is 2.35. The summed E-state index contributed by atoms with van der Waals surface area (Å²) in [5.41, 5.74) is 4.84. The van der Waals surface area contributed by atoms with Gasteiger partial charge in [-0.2, -0.15) is 0 Å². The van der Waals surface area contributed by atoms with Crippen LogP contribution in [0.5, 0.6) is 0 Å². The van der Waals surface area contributed by atoms with Crippen molar-refractivity contribution in [2.24, 2.45) is 11.7 Å². The second-order valence-electron chi connectivity index (χ2n) is 3.10. The van der Waals surface area contributed by atoms with Crippen LogP contribution in [0.1, 0.15) is 19.3 Å². The third-order valence-corrected chi connectivity index (χ3v) is 1.98. The molecular weight excluding hydrogens is 188 g/mol. The number of hydrogen-bond acceptors (Lipinski definition) is 4. The summed E-state index contributed by atoms with van der Waals surface area (Å²) in [6, 6.07) is 0. The van der Waals surface area contributed by atoms with Crippen LogP contribution in [-0.4, -0.2) is 23.5 Å². The number of carbonyl (C=O) groups excluding carboxylic acids is 4. The average molecular weight is 198 g/mol. The van der Waals surface area contributed by atoms with Crippen molar-refractivity contribution in [2.45, 2.75) is 19.3 Å². The van der Waals surface area contributed by atoms with Gasteiger partial charge >= 0.3 is 0 Å². The molecule has 1 rings (SSSR count). The van der Waals surface area contributed by atoms with E-state index in [0.717, 1.165) is 0 Å². The Morgan fingerprint density at radius 1 is 1.36 bits per heavy atom. The van der Waals surface area contributed by atoms with Gasteiger partial charge in [-0.1, -0.05) is 0 Å². The maximum atomic E-state index is 11.3. The van der Waals surface area contributed by atoms with E-state index in [2.05, 4.69) is 0 Å². The van der Waals surface area contributed by atoms with Gasteiger partial charge in [0.2, 0.25) is 17.7 Å². The number of imide groups is 1. The zero-order valence-electron chi connectivity index (χ0n) is 7.41. The second-order valence-corrected chi connectivity index (χ2v) is 3.10. The van der Waals surface area contributed by atoms with Gasteiger partial charge in [0.05, 0.1) is 0 Å². The third kappa shape index (κ3) is 2.38. The Balaban J connectivity index is 2.49. The van der Waals surface area contributed by atoms with Gasteiger partial charge in [-0.3, -0.25) is 24.5 Å². The summed E-state index contributed by atoms with van der Waals surface area (Å²) in [6.45, 7) is 0. The quantitative estimate of drug-likeness (QED) is 0.422. The van der Waals surface area contributed by atoms with Crippen LogP contribution >= 0.6 is 0 Å². The number of nitrogens with two attached hydrogens (primary N) is 1. The first-order chi connectivity index (χ1) is 6.50. The molecule has 3 N–H and O–H groups in total. The largest absolute Gasteiger partial charge is 0.370 e. The molecule has 0 radical (unpaired) electrons. The van der Waals surface area contributed by atoms with Crippen LogP contribution in [-0.2, 0) is 19.2 Å². The molecule has 6 heteroatoms. The third-order valence-electron chi connectivity index (χ3n) is 1.98. The molecule has 1 aliphatic rings. The molecule has 0 aromatic heterocycles. The van der Waals surface area contributed by atoms with E-state index in [4.69, 9.17) is 5.73 Å². The summed E-state index contributed by atoms with van der Waals surface area (Å²) in [5, 5.41) is 2.02. The van der Waals surface area contributed by atoms with Gasteiger partial charge in [0.25, 0.3) is 0 Å². The molecule has 6 nitrogen and oxygen atoms in total. The molecule has 1 unspecified atom stereocenters. The summed E-state index contributed by atoms with van der Waals surface area (Å²) >= 11 is 0. The molecule has 1 fully saturated rings. The SMILES string of the molecule is NC(=O)CCC(=O)C1CC(=O)NC1=O. The first-order valence-corrected chi connectivity index (χ1v) is 4.15. The molecule has 1 heterocycles. The molecule has 0 bridgehead atoms. The molecule has 14 heavy (non-hydrogen) atoms. The lowest BCUT2D eigenvalue weighted by Gasteiger charge is -2.02. The van der Waals surface area contributed by atoms with Gasteiger partial charge in [0.1, 0.15) is 11.7 Å². The van der Waals surface area contributed by atoms with Crippen molar-refractivity contribution in [3.05, 3.63) is 0 Å². The first-order valence-electron chi connectivity index (χ1n) is 4.15. The molecule has 0 aliphatic carbocycles. The smallest absolute Gasteiger partial charge is 0.237 e. The van der Waals surface area contributed by atoms with E-state index in [1.807, 2.05) is 5.32 Å². The van der Waals surface area contributed by atoms with E-state index in [9.17, 15) is 19.2 Å².